The first-order chi connectivity index (χ1) is 16.9. The van der Waals surface area contributed by atoms with Gasteiger partial charge >= 0.3 is 6.09 Å². The number of amides is 1. The summed E-state index contributed by atoms with van der Waals surface area (Å²) in [5.74, 6) is 1.19. The number of anilines is 1. The second-order valence-electron chi connectivity index (χ2n) is 8.70. The van der Waals surface area contributed by atoms with Gasteiger partial charge in [0.1, 0.15) is 23.4 Å². The number of fused-ring (bicyclic) bond motifs is 1. The molecule has 0 saturated carbocycles. The Hall–Kier alpha value is -3.40. The zero-order valence-corrected chi connectivity index (χ0v) is 20.1. The quantitative estimate of drug-likeness (QED) is 0.398. The van der Waals surface area contributed by atoms with Crippen LogP contribution in [0.1, 0.15) is 18.6 Å². The zero-order valence-electron chi connectivity index (χ0n) is 18.6. The van der Waals surface area contributed by atoms with Gasteiger partial charge in [0.2, 0.25) is 0 Å². The average molecular weight is 511 g/mol. The summed E-state index contributed by atoms with van der Waals surface area (Å²) in [6.07, 6.45) is 4.03. The number of hydrogen-bond acceptors (Lipinski definition) is 7. The molecule has 2 saturated heterocycles. The normalized spacial score (nSPS) is 17.5. The largest absolute Gasteiger partial charge is 0.486 e. The molecule has 4 aromatic rings. The van der Waals surface area contributed by atoms with Gasteiger partial charge in [0.05, 0.1) is 22.1 Å². The van der Waals surface area contributed by atoms with Crippen molar-refractivity contribution in [1.82, 2.24) is 25.5 Å². The van der Waals surface area contributed by atoms with Crippen molar-refractivity contribution < 1.29 is 14.3 Å². The van der Waals surface area contributed by atoms with E-state index in [0.29, 0.717) is 46.8 Å². The molecular formula is C24H20Cl2N6O3. The lowest BCUT2D eigenvalue weighted by Gasteiger charge is -2.36. The summed E-state index contributed by atoms with van der Waals surface area (Å²) in [4.78, 5) is 22.4. The first-order valence-corrected chi connectivity index (χ1v) is 11.8. The van der Waals surface area contributed by atoms with Crippen LogP contribution in [0.4, 0.5) is 10.6 Å². The highest BCUT2D eigenvalue weighted by molar-refractivity contribution is 6.35. The number of carbonyl (C=O) groups is 1. The van der Waals surface area contributed by atoms with Gasteiger partial charge in [-0.3, -0.25) is 15.0 Å². The van der Waals surface area contributed by atoms with E-state index < -0.39 is 5.60 Å². The maximum Gasteiger partial charge on any atom is 0.416 e. The lowest BCUT2D eigenvalue weighted by atomic mass is 9.97. The second kappa shape index (κ2) is 8.37. The van der Waals surface area contributed by atoms with E-state index in [9.17, 15) is 4.79 Å². The molecule has 1 spiro atoms. The van der Waals surface area contributed by atoms with Crippen molar-refractivity contribution in [3.05, 3.63) is 64.5 Å². The standard InChI is InChI=1S/C24H20Cl2N6O3/c1-13(21-17(25)8-27-9-18(21)26)34-15-3-4-19-16(6-15)22(31-30-19)14-2-5-20(29-7-14)32-12-24(10-28-11-24)35-23(32)33/h2-9,13,28H,10-12H2,1H3,(H,30,31)/t13-/m1/s1. The van der Waals surface area contributed by atoms with Crippen LogP contribution in [0.2, 0.25) is 10.0 Å². The molecule has 1 atom stereocenters. The molecule has 0 bridgehead atoms. The zero-order chi connectivity index (χ0) is 24.2. The van der Waals surface area contributed by atoms with Crippen LogP contribution in [0.15, 0.2) is 48.9 Å². The Balaban J connectivity index is 1.26. The molecule has 3 aromatic heterocycles. The van der Waals surface area contributed by atoms with Crippen molar-refractivity contribution in [2.45, 2.75) is 18.6 Å². The molecule has 0 aliphatic carbocycles. The molecule has 2 fully saturated rings. The van der Waals surface area contributed by atoms with E-state index in [0.717, 1.165) is 22.2 Å². The number of nitrogens with one attached hydrogen (secondary N) is 2. The van der Waals surface area contributed by atoms with E-state index in [-0.39, 0.29) is 12.2 Å². The van der Waals surface area contributed by atoms with Crippen LogP contribution >= 0.6 is 23.2 Å². The monoisotopic (exact) mass is 510 g/mol. The van der Waals surface area contributed by atoms with Crippen molar-refractivity contribution in [2.75, 3.05) is 24.5 Å². The molecule has 11 heteroatoms. The van der Waals surface area contributed by atoms with Gasteiger partial charge in [-0.2, -0.15) is 5.10 Å². The minimum Gasteiger partial charge on any atom is -0.486 e. The van der Waals surface area contributed by atoms with Crippen LogP contribution in [0.3, 0.4) is 0 Å². The number of ether oxygens (including phenoxy) is 2. The smallest absolute Gasteiger partial charge is 0.416 e. The highest BCUT2D eigenvalue weighted by Crippen LogP contribution is 2.35. The number of benzene rings is 1. The molecule has 0 unspecified atom stereocenters. The molecular weight excluding hydrogens is 491 g/mol. The molecule has 178 valence electrons. The Morgan fingerprint density at radius 2 is 1.94 bits per heavy atom. The van der Waals surface area contributed by atoms with Crippen molar-refractivity contribution in [1.29, 1.82) is 0 Å². The van der Waals surface area contributed by atoms with Crippen LogP contribution in [0.5, 0.6) is 5.75 Å². The van der Waals surface area contributed by atoms with E-state index in [4.69, 9.17) is 32.7 Å². The Bertz CT molecular complexity index is 1420. The summed E-state index contributed by atoms with van der Waals surface area (Å²) in [6.45, 7) is 3.69. The van der Waals surface area contributed by atoms with Gasteiger partial charge in [0.15, 0.2) is 5.60 Å². The Morgan fingerprint density at radius 1 is 1.14 bits per heavy atom. The summed E-state index contributed by atoms with van der Waals surface area (Å²) in [5.41, 5.74) is 2.62. The highest BCUT2D eigenvalue weighted by Gasteiger charge is 2.50. The number of aromatic nitrogens is 4. The van der Waals surface area contributed by atoms with Gasteiger partial charge in [-0.25, -0.2) is 9.78 Å². The number of H-pyrrole nitrogens is 1. The maximum atomic E-state index is 12.3. The molecule has 6 rings (SSSR count). The SMILES string of the molecule is C[C@@H](Oc1ccc2[nH]nc(-c3ccc(N4CC5(CNC5)OC4=O)nc3)c2c1)c1c(Cl)cncc1Cl. The number of carbonyl (C=O) groups excluding carboxylic acids is 1. The number of rotatable bonds is 5. The molecule has 9 nitrogen and oxygen atoms in total. The fraction of sp³-hybridized carbons (Fsp3) is 0.250. The van der Waals surface area contributed by atoms with Gasteiger partial charge in [-0.15, -0.1) is 0 Å². The van der Waals surface area contributed by atoms with E-state index in [2.05, 4.69) is 25.5 Å². The molecule has 2 aliphatic rings. The first kappa shape index (κ1) is 22.1. The van der Waals surface area contributed by atoms with Crippen molar-refractivity contribution in [3.63, 3.8) is 0 Å². The summed E-state index contributed by atoms with van der Waals surface area (Å²) in [5, 5.41) is 12.4. The molecule has 0 radical (unpaired) electrons. The average Bonchev–Trinajstić information content (AvgIpc) is 3.40. The third-order valence-electron chi connectivity index (χ3n) is 6.31. The number of hydrogen-bond donors (Lipinski definition) is 2. The minimum absolute atomic E-state index is 0.373. The van der Waals surface area contributed by atoms with E-state index in [1.165, 1.54) is 0 Å². The van der Waals surface area contributed by atoms with Crippen LogP contribution < -0.4 is 15.0 Å². The molecule has 1 aromatic carbocycles. The van der Waals surface area contributed by atoms with Gasteiger partial charge in [0, 0.05) is 48.2 Å². The van der Waals surface area contributed by atoms with E-state index in [1.54, 1.807) is 29.6 Å². The van der Waals surface area contributed by atoms with Crippen LogP contribution in [0, 0.1) is 0 Å². The Morgan fingerprint density at radius 3 is 2.60 bits per heavy atom. The second-order valence-corrected chi connectivity index (χ2v) is 9.52. The fourth-order valence-corrected chi connectivity index (χ4v) is 5.10. The van der Waals surface area contributed by atoms with Crippen molar-refractivity contribution in [3.8, 4) is 17.0 Å². The van der Waals surface area contributed by atoms with Crippen LogP contribution in [-0.2, 0) is 4.74 Å². The third kappa shape index (κ3) is 3.85. The van der Waals surface area contributed by atoms with Crippen molar-refractivity contribution in [2.24, 2.45) is 0 Å². The third-order valence-corrected chi connectivity index (χ3v) is 6.91. The van der Waals surface area contributed by atoms with Gasteiger partial charge in [-0.1, -0.05) is 23.2 Å². The van der Waals surface area contributed by atoms with E-state index >= 15 is 0 Å². The summed E-state index contributed by atoms with van der Waals surface area (Å²) >= 11 is 12.6. The first-order valence-electron chi connectivity index (χ1n) is 11.0. The van der Waals surface area contributed by atoms with E-state index in [1.807, 2.05) is 31.2 Å². The summed E-state index contributed by atoms with van der Waals surface area (Å²) < 4.78 is 11.7. The number of aromatic amines is 1. The molecule has 5 heterocycles. The maximum absolute atomic E-state index is 12.3. The van der Waals surface area contributed by atoms with Crippen molar-refractivity contribution >= 4 is 46.0 Å². The predicted molar refractivity (Wildman–Crippen MR) is 132 cm³/mol. The van der Waals surface area contributed by atoms with Crippen LogP contribution in [-0.4, -0.2) is 51.5 Å². The summed E-state index contributed by atoms with van der Waals surface area (Å²) in [6, 6.07) is 9.36. The van der Waals surface area contributed by atoms with Gasteiger partial charge < -0.3 is 14.8 Å². The van der Waals surface area contributed by atoms with Crippen LogP contribution in [0.25, 0.3) is 22.2 Å². The lowest BCUT2D eigenvalue weighted by Crippen LogP contribution is -2.61. The molecule has 1 amide bonds. The molecule has 2 N–H and O–H groups in total. The lowest BCUT2D eigenvalue weighted by molar-refractivity contribution is 0.0142. The molecule has 35 heavy (non-hydrogen) atoms. The predicted octanol–water partition coefficient (Wildman–Crippen LogP) is 4.77. The summed E-state index contributed by atoms with van der Waals surface area (Å²) in [7, 11) is 0. The fourth-order valence-electron chi connectivity index (χ4n) is 4.43. The van der Waals surface area contributed by atoms with Gasteiger partial charge in [0.25, 0.3) is 0 Å². The minimum atomic E-state index is -0.436. The molecule has 2 aliphatic heterocycles. The Kier molecular flexibility index (Phi) is 5.28. The Labute approximate surface area is 210 Å². The number of nitrogens with zero attached hydrogens (tertiary/aromatic N) is 4. The number of halogens is 2. The topological polar surface area (TPSA) is 105 Å². The van der Waals surface area contributed by atoms with Gasteiger partial charge in [-0.05, 0) is 37.3 Å². The highest BCUT2D eigenvalue weighted by atomic mass is 35.5. The number of pyridine rings is 2.